The van der Waals surface area contributed by atoms with Crippen molar-refractivity contribution in [3.05, 3.63) is 77.2 Å². The van der Waals surface area contributed by atoms with Crippen LogP contribution >= 0.6 is 11.6 Å². The molecule has 1 N–H and O–H groups in total. The highest BCUT2D eigenvalue weighted by molar-refractivity contribution is 6.33. The molecule has 1 saturated heterocycles. The number of halogens is 4. The predicted molar refractivity (Wildman–Crippen MR) is 130 cm³/mol. The summed E-state index contributed by atoms with van der Waals surface area (Å²) in [6, 6.07) is 9.21. The van der Waals surface area contributed by atoms with E-state index in [1.165, 1.54) is 0 Å². The topological polar surface area (TPSA) is 48.1 Å². The zero-order valence-electron chi connectivity index (χ0n) is 18.3. The van der Waals surface area contributed by atoms with E-state index in [4.69, 9.17) is 16.6 Å². The van der Waals surface area contributed by atoms with E-state index < -0.39 is 17.5 Å². The van der Waals surface area contributed by atoms with Crippen molar-refractivity contribution in [1.82, 2.24) is 15.0 Å². The Kier molecular flexibility index (Phi) is 5.69. The van der Waals surface area contributed by atoms with Gasteiger partial charge in [-0.2, -0.15) is 0 Å². The second-order valence-electron chi connectivity index (χ2n) is 8.28. The molecule has 1 aliphatic heterocycles. The van der Waals surface area contributed by atoms with Crippen molar-refractivity contribution in [3.63, 3.8) is 0 Å². The number of hydrogen-bond acceptors (Lipinski definition) is 4. The van der Waals surface area contributed by atoms with E-state index in [0.717, 1.165) is 29.0 Å². The molecule has 2 aromatic heterocycles. The third-order valence-corrected chi connectivity index (χ3v) is 6.35. The van der Waals surface area contributed by atoms with Gasteiger partial charge in [-0.15, -0.1) is 0 Å². The Morgan fingerprint density at radius 2 is 1.91 bits per heavy atom. The summed E-state index contributed by atoms with van der Waals surface area (Å²) in [6.45, 7) is 7.85. The molecule has 5 rings (SSSR count). The zero-order valence-corrected chi connectivity index (χ0v) is 19.1. The van der Waals surface area contributed by atoms with Crippen molar-refractivity contribution in [3.8, 4) is 11.1 Å². The fourth-order valence-corrected chi connectivity index (χ4v) is 4.65. The number of H-pyrrole nitrogens is 1. The number of anilines is 2. The highest BCUT2D eigenvalue weighted by atomic mass is 35.5. The van der Waals surface area contributed by atoms with Gasteiger partial charge in [0.15, 0.2) is 17.5 Å². The van der Waals surface area contributed by atoms with Crippen LogP contribution in [-0.2, 0) is 0 Å². The number of fused-ring (bicyclic) bond motifs is 1. The first-order chi connectivity index (χ1) is 16.4. The van der Waals surface area contributed by atoms with Crippen LogP contribution in [0, 0.1) is 17.5 Å². The van der Waals surface area contributed by atoms with Crippen LogP contribution in [0.25, 0.3) is 28.2 Å². The second kappa shape index (κ2) is 8.68. The minimum absolute atomic E-state index is 0.0791. The number of nitrogens with one attached hydrogen (secondary N) is 1. The molecule has 0 unspecified atom stereocenters. The molecule has 0 amide bonds. The fourth-order valence-electron chi connectivity index (χ4n) is 4.35. The quantitative estimate of drug-likeness (QED) is 0.359. The first-order valence-corrected chi connectivity index (χ1v) is 11.2. The van der Waals surface area contributed by atoms with Gasteiger partial charge in [-0.1, -0.05) is 36.4 Å². The predicted octanol–water partition coefficient (Wildman–Crippen LogP) is 6.05. The molecule has 3 heterocycles. The number of benzene rings is 2. The van der Waals surface area contributed by atoms with Crippen LogP contribution in [0.2, 0.25) is 5.02 Å². The van der Waals surface area contributed by atoms with Crippen LogP contribution < -0.4 is 9.80 Å². The highest BCUT2D eigenvalue weighted by Crippen LogP contribution is 2.33. The second-order valence-corrected chi connectivity index (χ2v) is 8.69. The average Bonchev–Trinajstić information content (AvgIpc) is 3.26. The van der Waals surface area contributed by atoms with E-state index in [2.05, 4.69) is 33.3 Å². The van der Waals surface area contributed by atoms with Gasteiger partial charge in [0.2, 0.25) is 5.95 Å². The van der Waals surface area contributed by atoms with Gasteiger partial charge >= 0.3 is 0 Å². The van der Waals surface area contributed by atoms with Gasteiger partial charge in [-0.3, -0.25) is 0 Å². The van der Waals surface area contributed by atoms with Crippen LogP contribution in [0.1, 0.15) is 12.5 Å². The third kappa shape index (κ3) is 3.88. The van der Waals surface area contributed by atoms with E-state index in [-0.39, 0.29) is 11.6 Å². The van der Waals surface area contributed by atoms with Crippen LogP contribution in [0.4, 0.5) is 24.9 Å². The normalized spacial score (nSPS) is 16.3. The Morgan fingerprint density at radius 1 is 1.15 bits per heavy atom. The minimum Gasteiger partial charge on any atom is -0.352 e. The molecule has 0 bridgehead atoms. The monoisotopic (exact) mass is 483 g/mol. The number of imidazole rings is 1. The smallest absolute Gasteiger partial charge is 0.204 e. The van der Waals surface area contributed by atoms with Crippen molar-refractivity contribution in [2.75, 3.05) is 29.4 Å². The molecular formula is C25H21ClF3N5. The highest BCUT2D eigenvalue weighted by Gasteiger charge is 2.28. The third-order valence-electron chi connectivity index (χ3n) is 6.07. The fraction of sp³-hybridized carbons (Fsp3) is 0.200. The maximum atomic E-state index is 13.8. The van der Waals surface area contributed by atoms with Gasteiger partial charge in [0.25, 0.3) is 0 Å². The number of hydrogen-bond donors (Lipinski definition) is 1. The lowest BCUT2D eigenvalue weighted by Gasteiger charge is -2.40. The lowest BCUT2D eigenvalue weighted by atomic mass is 10.0. The van der Waals surface area contributed by atoms with Crippen molar-refractivity contribution >= 4 is 40.5 Å². The average molecular weight is 484 g/mol. The lowest BCUT2D eigenvalue weighted by Crippen LogP contribution is -2.52. The number of pyridine rings is 1. The van der Waals surface area contributed by atoms with Gasteiger partial charge in [-0.05, 0) is 42.3 Å². The Bertz CT molecular complexity index is 1380. The maximum absolute atomic E-state index is 13.8. The van der Waals surface area contributed by atoms with Crippen LogP contribution in [0.3, 0.4) is 0 Å². The summed E-state index contributed by atoms with van der Waals surface area (Å²) in [5.41, 5.74) is 2.88. The summed E-state index contributed by atoms with van der Waals surface area (Å²) in [5.74, 6) is -2.58. The summed E-state index contributed by atoms with van der Waals surface area (Å²) < 4.78 is 41.1. The molecule has 0 radical (unpaired) electrons. The number of nitrogens with zero attached hydrogens (tertiary/aromatic N) is 4. The molecule has 2 aromatic carbocycles. The Labute approximate surface area is 199 Å². The van der Waals surface area contributed by atoms with Gasteiger partial charge < -0.3 is 14.8 Å². The molecule has 5 nitrogen and oxygen atoms in total. The molecule has 174 valence electrons. The van der Waals surface area contributed by atoms with E-state index in [9.17, 15) is 13.2 Å². The van der Waals surface area contributed by atoms with Crippen molar-refractivity contribution in [2.45, 2.75) is 13.0 Å². The van der Waals surface area contributed by atoms with E-state index in [0.29, 0.717) is 41.7 Å². The molecule has 9 heteroatoms. The summed E-state index contributed by atoms with van der Waals surface area (Å²) in [4.78, 5) is 16.8. The van der Waals surface area contributed by atoms with Crippen LogP contribution in [0.5, 0.6) is 0 Å². The summed E-state index contributed by atoms with van der Waals surface area (Å²) >= 11 is 6.44. The first kappa shape index (κ1) is 22.3. The summed E-state index contributed by atoms with van der Waals surface area (Å²) in [7, 11) is 0. The van der Waals surface area contributed by atoms with Gasteiger partial charge in [0, 0.05) is 37.4 Å². The SMILES string of the molecule is C=Cc1cnc(N2CCN(c3nc4c(-c5cc(F)c(F)c(F)c5)cccc4[nH]3)[C@H](C)C2)c(Cl)c1. The Balaban J connectivity index is 1.44. The molecular weight excluding hydrogens is 463 g/mol. The number of aromatic nitrogens is 3. The Morgan fingerprint density at radius 3 is 2.59 bits per heavy atom. The molecule has 1 fully saturated rings. The van der Waals surface area contributed by atoms with E-state index in [1.54, 1.807) is 24.4 Å². The molecule has 4 aromatic rings. The summed E-state index contributed by atoms with van der Waals surface area (Å²) in [6.07, 6.45) is 3.45. The standard InChI is InChI=1S/C25H21ClF3N5/c1-3-15-9-18(26)24(30-12-15)33-7-8-34(14(2)13-33)25-31-21-6-4-5-17(23(21)32-25)16-10-19(27)22(29)20(28)11-16/h3-6,9-12,14H,1,7-8,13H2,2H3,(H,31,32)/t14-/m1/s1. The number of piperazine rings is 1. The number of rotatable bonds is 4. The van der Waals surface area contributed by atoms with Gasteiger partial charge in [0.05, 0.1) is 16.1 Å². The van der Waals surface area contributed by atoms with E-state index >= 15 is 0 Å². The minimum atomic E-state index is -1.49. The summed E-state index contributed by atoms with van der Waals surface area (Å²) in [5, 5.41) is 0.574. The van der Waals surface area contributed by atoms with Crippen molar-refractivity contribution in [2.24, 2.45) is 0 Å². The first-order valence-electron chi connectivity index (χ1n) is 10.8. The zero-order chi connectivity index (χ0) is 24.0. The van der Waals surface area contributed by atoms with Crippen molar-refractivity contribution < 1.29 is 13.2 Å². The molecule has 0 spiro atoms. The maximum Gasteiger partial charge on any atom is 0.204 e. The van der Waals surface area contributed by atoms with Gasteiger partial charge in [-0.25, -0.2) is 23.1 Å². The van der Waals surface area contributed by atoms with E-state index in [1.807, 2.05) is 12.1 Å². The molecule has 1 atom stereocenters. The lowest BCUT2D eigenvalue weighted by molar-refractivity contribution is 0.448. The molecule has 0 aliphatic carbocycles. The van der Waals surface area contributed by atoms with Gasteiger partial charge in [0.1, 0.15) is 5.82 Å². The number of aromatic amines is 1. The Hall–Kier alpha value is -3.52. The van der Waals surface area contributed by atoms with Crippen LogP contribution in [0.15, 0.2) is 49.2 Å². The number of para-hydroxylation sites is 1. The van der Waals surface area contributed by atoms with Crippen LogP contribution in [-0.4, -0.2) is 40.6 Å². The molecule has 34 heavy (non-hydrogen) atoms. The largest absolute Gasteiger partial charge is 0.352 e. The van der Waals surface area contributed by atoms with Crippen molar-refractivity contribution in [1.29, 1.82) is 0 Å². The molecule has 1 aliphatic rings. The molecule has 0 saturated carbocycles.